The summed E-state index contributed by atoms with van der Waals surface area (Å²) in [5.41, 5.74) is 1.56. The fourth-order valence-corrected chi connectivity index (χ4v) is 3.63. The third kappa shape index (κ3) is 4.36. The molecule has 1 aromatic heterocycles. The summed E-state index contributed by atoms with van der Waals surface area (Å²) in [6, 6.07) is 17.9. The number of rotatable bonds is 6. The molecule has 0 radical (unpaired) electrons. The number of aromatic nitrogens is 2. The molecule has 0 atom stereocenters. The highest BCUT2D eigenvalue weighted by atomic mass is 79.9. The number of hydrogen-bond donors (Lipinski definition) is 1. The van der Waals surface area contributed by atoms with Crippen LogP contribution in [0, 0.1) is 6.92 Å². The Balaban J connectivity index is 1.79. The minimum Gasteiger partial charge on any atom is -0.506 e. The third-order valence-electron chi connectivity index (χ3n) is 4.89. The van der Waals surface area contributed by atoms with E-state index in [-0.39, 0.29) is 17.9 Å². The number of aryl methyl sites for hydroxylation is 1. The van der Waals surface area contributed by atoms with Gasteiger partial charge in [0.2, 0.25) is 0 Å². The summed E-state index contributed by atoms with van der Waals surface area (Å²) < 4.78 is 12.8. The van der Waals surface area contributed by atoms with E-state index in [1.807, 2.05) is 37.3 Å². The molecule has 0 spiro atoms. The van der Waals surface area contributed by atoms with Crippen molar-refractivity contribution in [3.63, 3.8) is 0 Å². The van der Waals surface area contributed by atoms with Crippen molar-refractivity contribution >= 4 is 33.0 Å². The first-order valence-corrected chi connectivity index (χ1v) is 10.6. The van der Waals surface area contributed by atoms with Crippen LogP contribution in [0.25, 0.3) is 10.9 Å². The van der Waals surface area contributed by atoms with Gasteiger partial charge in [-0.25, -0.2) is 4.98 Å². The number of hydrogen-bond acceptors (Lipinski definition) is 6. The Labute approximate surface area is 192 Å². The van der Waals surface area contributed by atoms with Crippen molar-refractivity contribution in [3.05, 3.63) is 92.4 Å². The van der Waals surface area contributed by atoms with Crippen LogP contribution in [0.3, 0.4) is 0 Å². The molecule has 0 bridgehead atoms. The zero-order chi connectivity index (χ0) is 22.7. The molecule has 4 aromatic rings. The van der Waals surface area contributed by atoms with E-state index >= 15 is 0 Å². The molecule has 1 heterocycles. The van der Waals surface area contributed by atoms with Crippen molar-refractivity contribution in [2.75, 3.05) is 7.11 Å². The zero-order valence-corrected chi connectivity index (χ0v) is 19.0. The average Bonchev–Trinajstić information content (AvgIpc) is 2.80. The van der Waals surface area contributed by atoms with Crippen molar-refractivity contribution in [1.82, 2.24) is 9.66 Å². The van der Waals surface area contributed by atoms with Crippen LogP contribution < -0.4 is 15.0 Å². The quantitative estimate of drug-likeness (QED) is 0.395. The summed E-state index contributed by atoms with van der Waals surface area (Å²) in [6.45, 7) is 1.98. The lowest BCUT2D eigenvalue weighted by Gasteiger charge is -2.12. The van der Waals surface area contributed by atoms with Crippen LogP contribution in [0.2, 0.25) is 0 Å². The maximum atomic E-state index is 13.2. The number of phenols is 1. The highest BCUT2D eigenvalue weighted by molar-refractivity contribution is 9.10. The molecule has 162 valence electrons. The molecule has 0 aliphatic carbocycles. The first-order valence-electron chi connectivity index (χ1n) is 9.78. The van der Waals surface area contributed by atoms with Crippen molar-refractivity contribution in [2.45, 2.75) is 13.5 Å². The molecule has 0 unspecified atom stereocenters. The smallest absolute Gasteiger partial charge is 0.282 e. The van der Waals surface area contributed by atoms with Crippen LogP contribution in [-0.2, 0) is 6.61 Å². The fraction of sp³-hybridized carbons (Fsp3) is 0.125. The van der Waals surface area contributed by atoms with Gasteiger partial charge in [0.15, 0.2) is 5.82 Å². The molecule has 0 aliphatic heterocycles. The lowest BCUT2D eigenvalue weighted by molar-refractivity contribution is 0.287. The number of phenolic OH excluding ortho intramolecular Hbond substituents is 1. The molecule has 3 aromatic carbocycles. The number of nitrogens with zero attached hydrogens (tertiary/aromatic N) is 3. The lowest BCUT2D eigenvalue weighted by Crippen LogP contribution is -2.23. The predicted octanol–water partition coefficient (Wildman–Crippen LogP) is 4.64. The summed E-state index contributed by atoms with van der Waals surface area (Å²) >= 11 is 3.29. The van der Waals surface area contributed by atoms with Gasteiger partial charge in [0, 0.05) is 5.56 Å². The SMILES string of the molecule is COc1cc(Br)c(O)c(C=Nn2c(COc3ccccc3C)nc3ccccc3c2=O)c1. The number of ether oxygens (including phenoxy) is 2. The summed E-state index contributed by atoms with van der Waals surface area (Å²) in [4.78, 5) is 17.8. The summed E-state index contributed by atoms with van der Waals surface area (Å²) in [5, 5.41) is 15.1. The van der Waals surface area contributed by atoms with E-state index in [9.17, 15) is 9.90 Å². The van der Waals surface area contributed by atoms with E-state index < -0.39 is 0 Å². The van der Waals surface area contributed by atoms with E-state index in [1.165, 1.54) is 18.0 Å². The maximum Gasteiger partial charge on any atom is 0.282 e. The van der Waals surface area contributed by atoms with Crippen LogP contribution in [0.4, 0.5) is 0 Å². The van der Waals surface area contributed by atoms with Crippen LogP contribution in [0.1, 0.15) is 17.0 Å². The molecule has 8 heteroatoms. The Morgan fingerprint density at radius 1 is 1.16 bits per heavy atom. The fourth-order valence-electron chi connectivity index (χ4n) is 3.17. The molecule has 0 aliphatic rings. The van der Waals surface area contributed by atoms with Gasteiger partial charge in [-0.2, -0.15) is 9.78 Å². The van der Waals surface area contributed by atoms with Crippen LogP contribution in [0.5, 0.6) is 17.2 Å². The molecule has 0 fully saturated rings. The number of para-hydroxylation sites is 2. The molecule has 0 amide bonds. The van der Waals surface area contributed by atoms with Crippen molar-refractivity contribution in [1.29, 1.82) is 0 Å². The average molecular weight is 494 g/mol. The molecule has 7 nitrogen and oxygen atoms in total. The van der Waals surface area contributed by atoms with Gasteiger partial charge < -0.3 is 14.6 Å². The van der Waals surface area contributed by atoms with Crippen LogP contribution in [0.15, 0.2) is 75.0 Å². The monoisotopic (exact) mass is 493 g/mol. The van der Waals surface area contributed by atoms with E-state index in [0.29, 0.717) is 38.3 Å². The van der Waals surface area contributed by atoms with Gasteiger partial charge in [-0.05, 0) is 58.7 Å². The second kappa shape index (κ2) is 9.23. The zero-order valence-electron chi connectivity index (χ0n) is 17.4. The maximum absolute atomic E-state index is 13.2. The van der Waals surface area contributed by atoms with Gasteiger partial charge in [0.05, 0.1) is 28.7 Å². The van der Waals surface area contributed by atoms with Gasteiger partial charge in [-0.15, -0.1) is 0 Å². The van der Waals surface area contributed by atoms with Crippen LogP contribution in [-0.4, -0.2) is 28.1 Å². The second-order valence-electron chi connectivity index (χ2n) is 7.01. The Hall–Kier alpha value is -3.65. The molecule has 0 saturated carbocycles. The minimum atomic E-state index is -0.336. The molecule has 0 saturated heterocycles. The molecule has 32 heavy (non-hydrogen) atoms. The summed E-state index contributed by atoms with van der Waals surface area (Å²) in [6.07, 6.45) is 1.39. The van der Waals surface area contributed by atoms with Crippen molar-refractivity contribution in [3.8, 4) is 17.2 Å². The highest BCUT2D eigenvalue weighted by Gasteiger charge is 2.13. The van der Waals surface area contributed by atoms with E-state index in [2.05, 4.69) is 26.0 Å². The van der Waals surface area contributed by atoms with Gasteiger partial charge in [0.1, 0.15) is 23.9 Å². The molecular formula is C24H20BrN3O4. The largest absolute Gasteiger partial charge is 0.506 e. The van der Waals surface area contributed by atoms with Gasteiger partial charge in [0.25, 0.3) is 5.56 Å². The Morgan fingerprint density at radius 3 is 2.69 bits per heavy atom. The molecular weight excluding hydrogens is 474 g/mol. The second-order valence-corrected chi connectivity index (χ2v) is 7.86. The van der Waals surface area contributed by atoms with Gasteiger partial charge in [-0.1, -0.05) is 30.3 Å². The standard InChI is InChI=1S/C24H20BrN3O4/c1-15-7-3-6-10-21(15)32-14-22-27-20-9-5-4-8-18(20)24(30)28(22)26-13-16-11-17(31-2)12-19(25)23(16)29/h3-13,29H,14H2,1-2H3. The van der Waals surface area contributed by atoms with Crippen molar-refractivity contribution < 1.29 is 14.6 Å². The van der Waals surface area contributed by atoms with Crippen LogP contribution >= 0.6 is 15.9 Å². The van der Waals surface area contributed by atoms with E-state index in [1.54, 1.807) is 30.3 Å². The first-order chi connectivity index (χ1) is 15.5. The normalized spacial score (nSPS) is 11.2. The lowest BCUT2D eigenvalue weighted by atomic mass is 10.2. The number of fused-ring (bicyclic) bond motifs is 1. The number of aromatic hydroxyl groups is 1. The highest BCUT2D eigenvalue weighted by Crippen LogP contribution is 2.31. The topological polar surface area (TPSA) is 85.9 Å². The van der Waals surface area contributed by atoms with E-state index in [0.717, 1.165) is 5.56 Å². The summed E-state index contributed by atoms with van der Waals surface area (Å²) in [7, 11) is 1.53. The Morgan fingerprint density at radius 2 is 1.91 bits per heavy atom. The molecule has 4 rings (SSSR count). The number of benzene rings is 3. The molecule has 1 N–H and O–H groups in total. The minimum absolute atomic E-state index is 0.0194. The van der Waals surface area contributed by atoms with Gasteiger partial charge in [-0.3, -0.25) is 4.79 Å². The predicted molar refractivity (Wildman–Crippen MR) is 127 cm³/mol. The number of methoxy groups -OCH3 is 1. The summed E-state index contributed by atoms with van der Waals surface area (Å²) in [5.74, 6) is 1.53. The first kappa shape index (κ1) is 21.6. The Bertz CT molecular complexity index is 1380. The van der Waals surface area contributed by atoms with E-state index in [4.69, 9.17) is 9.47 Å². The Kier molecular flexibility index (Phi) is 6.23. The third-order valence-corrected chi connectivity index (χ3v) is 5.49. The van der Waals surface area contributed by atoms with Crippen molar-refractivity contribution in [2.24, 2.45) is 5.10 Å². The number of halogens is 1. The van der Waals surface area contributed by atoms with Gasteiger partial charge >= 0.3 is 0 Å².